The van der Waals surface area contributed by atoms with E-state index in [-0.39, 0.29) is 18.9 Å². The van der Waals surface area contributed by atoms with Crippen LogP contribution >= 0.6 is 0 Å². The first-order valence-electron chi connectivity index (χ1n) is 1.71. The Morgan fingerprint density at radius 3 is 1.80 bits per heavy atom. The Balaban J connectivity index is 0. The van der Waals surface area contributed by atoms with Gasteiger partial charge in [0.25, 0.3) is 0 Å². The summed E-state index contributed by atoms with van der Waals surface area (Å²) in [5, 5.41) is 0. The van der Waals surface area contributed by atoms with E-state index in [0.29, 0.717) is 0 Å². The Morgan fingerprint density at radius 1 is 1.60 bits per heavy atom. The van der Waals surface area contributed by atoms with Gasteiger partial charge in [0.15, 0.2) is 0 Å². The average Bonchev–Trinajstić information content (AvgIpc) is 1.37. The van der Waals surface area contributed by atoms with Crippen molar-refractivity contribution in [2.45, 2.75) is 19.8 Å². The predicted molar refractivity (Wildman–Crippen MR) is 20.3 cm³/mol. The fourth-order valence-electron chi connectivity index (χ4n) is 0. The molecule has 0 amide bonds. The summed E-state index contributed by atoms with van der Waals surface area (Å²) >= 11 is 0. The Kier molecular flexibility index (Phi) is 16.1. The van der Waals surface area contributed by atoms with E-state index in [1.807, 2.05) is 0 Å². The smallest absolute Gasteiger partial charge is 0.343 e. The monoisotopic (exact) mass is 63.1 g/mol. The first kappa shape index (κ1) is 9.14. The number of hydrogen-bond donors (Lipinski definition) is 0. The molecule has 0 aromatic carbocycles. The van der Waals surface area contributed by atoms with E-state index in [9.17, 15) is 0 Å². The van der Waals surface area contributed by atoms with E-state index in [2.05, 4.69) is 13.8 Å². The fourth-order valence-corrected chi connectivity index (χ4v) is 0. The quantitative estimate of drug-likeness (QED) is 0.260. The van der Waals surface area contributed by atoms with Gasteiger partial charge in [0.05, 0.1) is 0 Å². The molecule has 0 nitrogen and oxygen atoms in total. The van der Waals surface area contributed by atoms with E-state index < -0.39 is 0 Å². The van der Waals surface area contributed by atoms with E-state index in [1.165, 1.54) is 6.42 Å². The van der Waals surface area contributed by atoms with Crippen LogP contribution in [0.25, 0.3) is 0 Å². The maximum atomic E-state index is 3.60. The van der Waals surface area contributed by atoms with Crippen LogP contribution in [-0.4, -0.2) is 0 Å². The second kappa shape index (κ2) is 8.82. The Labute approximate surface area is 46.1 Å². The van der Waals surface area contributed by atoms with Gasteiger partial charge in [-0.3, -0.25) is 0 Å². The predicted octanol–water partition coefficient (Wildman–Crippen LogP) is -1.38. The molecule has 0 fully saturated rings. The van der Waals surface area contributed by atoms with Crippen molar-refractivity contribution in [1.82, 2.24) is 0 Å². The van der Waals surface area contributed by atoms with Gasteiger partial charge >= 0.3 is 18.9 Å². The van der Waals surface area contributed by atoms with Crippen molar-refractivity contribution >= 4 is 0 Å². The van der Waals surface area contributed by atoms with Gasteiger partial charge in [-0.25, -0.2) is 0 Å². The second-order valence-corrected chi connectivity index (χ2v) is 0.854. The first-order chi connectivity index (χ1) is 1.91. The zero-order valence-corrected chi connectivity index (χ0v) is 4.12. The minimum absolute atomic E-state index is 0. The molecule has 0 heterocycles. The Morgan fingerprint density at radius 2 is 1.80 bits per heavy atom. The zero-order chi connectivity index (χ0) is 3.41. The molecule has 0 aromatic rings. The topological polar surface area (TPSA) is 0 Å². The molecule has 0 aliphatic heterocycles. The third-order valence-corrected chi connectivity index (χ3v) is 0.354. The minimum Gasteiger partial charge on any atom is -0.343 e. The molecule has 0 spiro atoms. The van der Waals surface area contributed by atoms with Crippen LogP contribution in [0.4, 0.5) is 0 Å². The van der Waals surface area contributed by atoms with Gasteiger partial charge in [-0.05, 0) is 0 Å². The minimum atomic E-state index is 0. The molecule has 0 saturated carbocycles. The SMILES string of the molecule is [6Li+].[CH2-]CCC. The van der Waals surface area contributed by atoms with Gasteiger partial charge in [-0.1, -0.05) is 13.3 Å². The molecule has 0 saturated heterocycles. The molecule has 0 unspecified atom stereocenters. The largest absolute Gasteiger partial charge is 1.00 e. The molecule has 0 radical (unpaired) electrons. The molecule has 0 aromatic heterocycles. The van der Waals surface area contributed by atoms with E-state index >= 15 is 0 Å². The zero-order valence-electron chi connectivity index (χ0n) is 4.12. The molecule has 5 heavy (non-hydrogen) atoms. The standard InChI is InChI=1S/C4H9.Li/c1-3-4-2;/h1,3-4H2,2H3;/q-1;+1/i;1-1. The average molecular weight is 63.1 g/mol. The van der Waals surface area contributed by atoms with Crippen molar-refractivity contribution in [2.24, 2.45) is 0 Å². The van der Waals surface area contributed by atoms with Crippen LogP contribution in [0.15, 0.2) is 0 Å². The summed E-state index contributed by atoms with van der Waals surface area (Å²) in [6.45, 7) is 5.72. The Hall–Kier alpha value is 0.597. The van der Waals surface area contributed by atoms with Crippen LogP contribution in [0.3, 0.4) is 0 Å². The van der Waals surface area contributed by atoms with Crippen LogP contribution in [0.1, 0.15) is 19.8 Å². The molecule has 0 aliphatic rings. The van der Waals surface area contributed by atoms with Gasteiger partial charge in [0.2, 0.25) is 0 Å². The van der Waals surface area contributed by atoms with Crippen molar-refractivity contribution < 1.29 is 18.9 Å². The number of unbranched alkanes of at least 4 members (excludes halogenated alkanes) is 1. The molecule has 26 valence electrons. The summed E-state index contributed by atoms with van der Waals surface area (Å²) in [5.74, 6) is 0. The molecule has 1 heteroatoms. The molecule has 0 N–H and O–H groups in total. The van der Waals surface area contributed by atoms with Gasteiger partial charge in [0.1, 0.15) is 0 Å². The number of rotatable bonds is 1. The summed E-state index contributed by atoms with van der Waals surface area (Å²) in [5.41, 5.74) is 0. The van der Waals surface area contributed by atoms with Crippen LogP contribution in [0.2, 0.25) is 0 Å². The molecule has 0 aliphatic carbocycles. The maximum Gasteiger partial charge on any atom is 1.00 e. The summed E-state index contributed by atoms with van der Waals surface area (Å²) < 4.78 is 0. The second-order valence-electron chi connectivity index (χ2n) is 0.854. The summed E-state index contributed by atoms with van der Waals surface area (Å²) in [7, 11) is 0. The maximum absolute atomic E-state index is 3.60. The van der Waals surface area contributed by atoms with Crippen LogP contribution in [0.5, 0.6) is 0 Å². The van der Waals surface area contributed by atoms with Gasteiger partial charge in [0, 0.05) is 0 Å². The van der Waals surface area contributed by atoms with Gasteiger partial charge in [-0.2, -0.15) is 6.42 Å². The van der Waals surface area contributed by atoms with Crippen molar-refractivity contribution in [2.75, 3.05) is 0 Å². The van der Waals surface area contributed by atoms with Crippen molar-refractivity contribution in [3.8, 4) is 0 Å². The van der Waals surface area contributed by atoms with Crippen molar-refractivity contribution in [3.63, 3.8) is 0 Å². The third-order valence-electron chi connectivity index (χ3n) is 0.354. The molecular weight excluding hydrogens is 54.1 g/mol. The van der Waals surface area contributed by atoms with Crippen molar-refractivity contribution in [1.29, 1.82) is 0 Å². The first-order valence-corrected chi connectivity index (χ1v) is 1.71. The van der Waals surface area contributed by atoms with E-state index in [1.54, 1.807) is 0 Å². The summed E-state index contributed by atoms with van der Waals surface area (Å²) in [6, 6.07) is 0. The molecule has 0 rings (SSSR count). The van der Waals surface area contributed by atoms with Crippen LogP contribution < -0.4 is 18.9 Å². The molecule has 0 bridgehead atoms. The Bertz CT molecular complexity index is 5.61. The molecule has 0 atom stereocenters. The van der Waals surface area contributed by atoms with Crippen molar-refractivity contribution in [3.05, 3.63) is 6.92 Å². The number of hydrogen-bond acceptors (Lipinski definition) is 0. The van der Waals surface area contributed by atoms with E-state index in [0.717, 1.165) is 6.42 Å². The van der Waals surface area contributed by atoms with Crippen LogP contribution in [0, 0.1) is 6.92 Å². The van der Waals surface area contributed by atoms with Gasteiger partial charge < -0.3 is 6.92 Å². The van der Waals surface area contributed by atoms with E-state index in [4.69, 9.17) is 0 Å². The summed E-state index contributed by atoms with van der Waals surface area (Å²) in [6.07, 6.45) is 2.28. The third kappa shape index (κ3) is 12.2. The summed E-state index contributed by atoms with van der Waals surface area (Å²) in [4.78, 5) is 0. The van der Waals surface area contributed by atoms with Crippen LogP contribution in [-0.2, 0) is 0 Å². The van der Waals surface area contributed by atoms with Gasteiger partial charge in [-0.15, -0.1) is 0 Å². The normalized spacial score (nSPS) is 6.00. The fraction of sp³-hybridized carbons (Fsp3) is 0.750. The molecular formula is C4H9Li.